The number of halogens is 3. The Hall–Kier alpha value is -1.86. The van der Waals surface area contributed by atoms with Crippen molar-refractivity contribution in [2.75, 3.05) is 5.32 Å². The summed E-state index contributed by atoms with van der Waals surface area (Å²) in [5, 5.41) is 18.4. The maximum atomic E-state index is 12.7. The molecule has 5 nitrogen and oxygen atoms in total. The molecule has 2 N–H and O–H groups in total. The molecule has 27 heavy (non-hydrogen) atoms. The summed E-state index contributed by atoms with van der Waals surface area (Å²) in [4.78, 5) is 12.7. The molecule has 0 saturated heterocycles. The second-order valence-electron chi connectivity index (χ2n) is 5.95. The standard InChI is InChI=1S/C19H16BrCl2N3O2/c1-11(18(26)12-6-3-2-4-7-12)24-15-10-23-25(19(27)16(15)20)17-13(21)8-5-9-14(17)22/h2-11,18,24,26H,1H3/t11-,18-/m0/s1. The van der Waals surface area contributed by atoms with E-state index in [2.05, 4.69) is 26.3 Å². The molecular formula is C19H16BrCl2N3O2. The van der Waals surface area contributed by atoms with Gasteiger partial charge in [0, 0.05) is 0 Å². The Balaban J connectivity index is 1.91. The van der Waals surface area contributed by atoms with Crippen molar-refractivity contribution >= 4 is 44.8 Å². The first-order chi connectivity index (χ1) is 12.9. The van der Waals surface area contributed by atoms with Gasteiger partial charge in [0.25, 0.3) is 5.56 Å². The smallest absolute Gasteiger partial charge is 0.288 e. The van der Waals surface area contributed by atoms with Crippen molar-refractivity contribution in [2.24, 2.45) is 0 Å². The second kappa shape index (κ2) is 8.44. The van der Waals surface area contributed by atoms with Crippen LogP contribution in [0.4, 0.5) is 5.69 Å². The Morgan fingerprint density at radius 1 is 1.11 bits per heavy atom. The molecule has 2 atom stereocenters. The molecule has 0 aliphatic heterocycles. The van der Waals surface area contributed by atoms with E-state index >= 15 is 0 Å². The van der Waals surface area contributed by atoms with Gasteiger partial charge in [0.05, 0.1) is 34.1 Å². The monoisotopic (exact) mass is 467 g/mol. The number of anilines is 1. The first kappa shape index (κ1) is 19.9. The third kappa shape index (κ3) is 4.19. The molecule has 8 heteroatoms. The molecule has 0 aliphatic rings. The molecule has 0 amide bonds. The van der Waals surface area contributed by atoms with Gasteiger partial charge in [-0.05, 0) is 40.5 Å². The number of aromatic nitrogens is 2. The molecule has 0 radical (unpaired) electrons. The second-order valence-corrected chi connectivity index (χ2v) is 7.56. The first-order valence-corrected chi connectivity index (χ1v) is 9.67. The van der Waals surface area contributed by atoms with Gasteiger partial charge in [-0.1, -0.05) is 59.6 Å². The van der Waals surface area contributed by atoms with E-state index in [-0.39, 0.29) is 10.5 Å². The number of rotatable bonds is 5. The van der Waals surface area contributed by atoms with Crippen molar-refractivity contribution in [1.82, 2.24) is 9.78 Å². The minimum atomic E-state index is -0.751. The van der Waals surface area contributed by atoms with Crippen LogP contribution in [0.2, 0.25) is 10.0 Å². The fraction of sp³-hybridized carbons (Fsp3) is 0.158. The minimum absolute atomic E-state index is 0.264. The predicted octanol–water partition coefficient (Wildman–Crippen LogP) is 4.84. The summed E-state index contributed by atoms with van der Waals surface area (Å²) in [6.07, 6.45) is 0.734. The maximum absolute atomic E-state index is 12.7. The van der Waals surface area contributed by atoms with Gasteiger partial charge in [-0.2, -0.15) is 9.78 Å². The number of benzene rings is 2. The highest BCUT2D eigenvalue weighted by Crippen LogP contribution is 2.28. The van der Waals surface area contributed by atoms with Crippen LogP contribution in [0.25, 0.3) is 5.69 Å². The first-order valence-electron chi connectivity index (χ1n) is 8.12. The SMILES string of the molecule is C[C@H](Nc1cnn(-c2c(Cl)cccc2Cl)c(=O)c1Br)[C@H](O)c1ccccc1. The Labute approximate surface area is 174 Å². The molecule has 2 aromatic carbocycles. The van der Waals surface area contributed by atoms with Crippen LogP contribution < -0.4 is 10.9 Å². The van der Waals surface area contributed by atoms with E-state index < -0.39 is 11.7 Å². The molecule has 3 rings (SSSR count). The van der Waals surface area contributed by atoms with Crippen LogP contribution in [-0.2, 0) is 0 Å². The normalized spacial score (nSPS) is 13.2. The summed E-state index contributed by atoms with van der Waals surface area (Å²) in [6.45, 7) is 1.82. The van der Waals surface area contributed by atoms with Crippen LogP contribution in [0.1, 0.15) is 18.6 Å². The van der Waals surface area contributed by atoms with Gasteiger partial charge in [-0.15, -0.1) is 0 Å². The molecule has 0 fully saturated rings. The van der Waals surface area contributed by atoms with E-state index in [0.717, 1.165) is 10.2 Å². The lowest BCUT2D eigenvalue weighted by atomic mass is 10.0. The highest BCUT2D eigenvalue weighted by atomic mass is 79.9. The van der Waals surface area contributed by atoms with Crippen LogP contribution >= 0.6 is 39.1 Å². The number of para-hydroxylation sites is 1. The van der Waals surface area contributed by atoms with E-state index in [1.807, 2.05) is 37.3 Å². The minimum Gasteiger partial charge on any atom is -0.386 e. The van der Waals surface area contributed by atoms with E-state index in [0.29, 0.717) is 21.4 Å². The maximum Gasteiger partial charge on any atom is 0.288 e. The lowest BCUT2D eigenvalue weighted by Crippen LogP contribution is -2.28. The van der Waals surface area contributed by atoms with Crippen LogP contribution in [0.15, 0.2) is 64.0 Å². The Kier molecular flexibility index (Phi) is 6.22. The summed E-state index contributed by atoms with van der Waals surface area (Å²) in [6, 6.07) is 13.9. The number of hydrogen-bond donors (Lipinski definition) is 2. The zero-order valence-corrected chi connectivity index (χ0v) is 17.3. The largest absolute Gasteiger partial charge is 0.386 e. The van der Waals surface area contributed by atoms with E-state index in [1.54, 1.807) is 18.2 Å². The quantitative estimate of drug-likeness (QED) is 0.562. The summed E-state index contributed by atoms with van der Waals surface area (Å²) in [7, 11) is 0. The Morgan fingerprint density at radius 3 is 2.37 bits per heavy atom. The number of aliphatic hydroxyl groups excluding tert-OH is 1. The molecule has 0 bridgehead atoms. The summed E-state index contributed by atoms with van der Waals surface area (Å²) < 4.78 is 1.40. The molecule has 3 aromatic rings. The third-order valence-corrected chi connectivity index (χ3v) is 5.44. The lowest BCUT2D eigenvalue weighted by Gasteiger charge is -2.22. The van der Waals surface area contributed by atoms with E-state index in [9.17, 15) is 9.90 Å². The van der Waals surface area contributed by atoms with Gasteiger partial charge >= 0.3 is 0 Å². The lowest BCUT2D eigenvalue weighted by molar-refractivity contribution is 0.160. The van der Waals surface area contributed by atoms with Crippen molar-refractivity contribution in [3.63, 3.8) is 0 Å². The average molecular weight is 469 g/mol. The number of aliphatic hydroxyl groups is 1. The van der Waals surface area contributed by atoms with Gasteiger partial charge in [0.2, 0.25) is 0 Å². The van der Waals surface area contributed by atoms with Gasteiger partial charge in [0.1, 0.15) is 10.2 Å². The van der Waals surface area contributed by atoms with E-state index in [4.69, 9.17) is 23.2 Å². The topological polar surface area (TPSA) is 67.2 Å². The van der Waals surface area contributed by atoms with Crippen molar-refractivity contribution in [3.8, 4) is 5.69 Å². The Bertz CT molecular complexity index is 991. The van der Waals surface area contributed by atoms with Crippen molar-refractivity contribution in [3.05, 3.63) is 85.2 Å². The van der Waals surface area contributed by atoms with Crippen molar-refractivity contribution in [2.45, 2.75) is 19.1 Å². The van der Waals surface area contributed by atoms with Crippen LogP contribution in [0, 0.1) is 0 Å². The fourth-order valence-electron chi connectivity index (χ4n) is 2.65. The Morgan fingerprint density at radius 2 is 1.74 bits per heavy atom. The van der Waals surface area contributed by atoms with Crippen LogP contribution in [-0.4, -0.2) is 20.9 Å². The van der Waals surface area contributed by atoms with Crippen LogP contribution in [0.5, 0.6) is 0 Å². The van der Waals surface area contributed by atoms with Crippen LogP contribution in [0.3, 0.4) is 0 Å². The highest BCUT2D eigenvalue weighted by molar-refractivity contribution is 9.10. The van der Waals surface area contributed by atoms with Gasteiger partial charge < -0.3 is 10.4 Å². The molecule has 0 unspecified atom stereocenters. The summed E-state index contributed by atoms with van der Waals surface area (Å²) in [5.74, 6) is 0. The molecule has 0 aliphatic carbocycles. The number of nitrogens with zero attached hydrogens (tertiary/aromatic N) is 2. The van der Waals surface area contributed by atoms with Gasteiger partial charge in [-0.25, -0.2) is 0 Å². The highest BCUT2D eigenvalue weighted by Gasteiger charge is 2.20. The molecule has 140 valence electrons. The molecule has 0 saturated carbocycles. The number of hydrogen-bond acceptors (Lipinski definition) is 4. The van der Waals surface area contributed by atoms with Gasteiger partial charge in [-0.3, -0.25) is 4.79 Å². The fourth-order valence-corrected chi connectivity index (χ4v) is 3.59. The molecule has 0 spiro atoms. The molecule has 1 aromatic heterocycles. The molecule has 1 heterocycles. The zero-order chi connectivity index (χ0) is 19.6. The van der Waals surface area contributed by atoms with Gasteiger partial charge in [0.15, 0.2) is 0 Å². The predicted molar refractivity (Wildman–Crippen MR) is 112 cm³/mol. The number of nitrogens with one attached hydrogen (secondary N) is 1. The zero-order valence-electron chi connectivity index (χ0n) is 14.2. The third-order valence-electron chi connectivity index (χ3n) is 4.07. The average Bonchev–Trinajstić information content (AvgIpc) is 2.67. The van der Waals surface area contributed by atoms with Crippen molar-refractivity contribution in [1.29, 1.82) is 0 Å². The van der Waals surface area contributed by atoms with E-state index in [1.165, 1.54) is 6.20 Å². The molecular weight excluding hydrogens is 453 g/mol. The summed E-state index contributed by atoms with van der Waals surface area (Å²) in [5.41, 5.74) is 1.13. The van der Waals surface area contributed by atoms with Crippen molar-refractivity contribution < 1.29 is 5.11 Å². The summed E-state index contributed by atoms with van der Waals surface area (Å²) >= 11 is 15.7.